The summed E-state index contributed by atoms with van der Waals surface area (Å²) < 4.78 is 15.4. The summed E-state index contributed by atoms with van der Waals surface area (Å²) in [6.45, 7) is 17.2. The Morgan fingerprint density at radius 1 is 0.857 bits per heavy atom. The summed E-state index contributed by atoms with van der Waals surface area (Å²) in [4.78, 5) is 32.4. The van der Waals surface area contributed by atoms with Gasteiger partial charge in [0.15, 0.2) is 8.32 Å². The molecule has 0 spiro atoms. The molecule has 0 aromatic heterocycles. The molecule has 0 aromatic carbocycles. The van der Waals surface area contributed by atoms with Gasteiger partial charge in [-0.25, -0.2) is 0 Å². The van der Waals surface area contributed by atoms with E-state index in [0.717, 1.165) is 19.3 Å². The number of carboxylic acid groups (broad SMARTS) is 1. The number of hydrogen-bond acceptors (Lipinski definition) is 6. The van der Waals surface area contributed by atoms with Crippen LogP contribution in [-0.2, 0) is 27.7 Å². The van der Waals surface area contributed by atoms with Gasteiger partial charge in [-0.3, -0.25) is 14.4 Å². The maximum Gasteiger partial charge on any atom is 0.457 e. The monoisotopic (exact) mass is 438 g/mol. The molecular formula is C19H42O7Si2. The Morgan fingerprint density at radius 2 is 1.18 bits per heavy atom. The Morgan fingerprint density at radius 3 is 1.32 bits per heavy atom. The van der Waals surface area contributed by atoms with E-state index < -0.39 is 22.8 Å². The maximum atomic E-state index is 11.2. The Hall–Kier alpha value is -1.20. The lowest BCUT2D eigenvalue weighted by atomic mass is 10.1. The minimum atomic E-state index is -2.60. The average molecular weight is 439 g/mol. The second kappa shape index (κ2) is 16.7. The standard InChI is InChI=1S/C10H20O4Si.C5H10O2.C4H12OSi/c1-5-7-9(11)13-15(3,4)14-10(12)8-6-2;1-3-4(2)5(6)7;1-5-6(2,3)4/h5-8H2,1-4H3;4H,3H2,1-2H3,(H,6,7);1-4H3. The van der Waals surface area contributed by atoms with E-state index in [0.29, 0.717) is 12.8 Å². The Labute approximate surface area is 173 Å². The van der Waals surface area contributed by atoms with Crippen LogP contribution in [0.5, 0.6) is 0 Å². The fourth-order valence-electron chi connectivity index (χ4n) is 1.25. The van der Waals surface area contributed by atoms with Crippen molar-refractivity contribution in [1.82, 2.24) is 0 Å². The summed E-state index contributed by atoms with van der Waals surface area (Å²) in [5, 5.41) is 8.18. The van der Waals surface area contributed by atoms with Gasteiger partial charge in [0.25, 0.3) is 11.9 Å². The van der Waals surface area contributed by atoms with Crippen LogP contribution in [0.25, 0.3) is 0 Å². The molecule has 28 heavy (non-hydrogen) atoms. The number of aliphatic carboxylic acids is 1. The van der Waals surface area contributed by atoms with E-state index in [1.807, 2.05) is 20.8 Å². The Bertz CT molecular complexity index is 424. The van der Waals surface area contributed by atoms with E-state index in [9.17, 15) is 14.4 Å². The lowest BCUT2D eigenvalue weighted by molar-refractivity contribution is -0.142. The summed E-state index contributed by atoms with van der Waals surface area (Å²) >= 11 is 0. The number of hydrogen-bond donors (Lipinski definition) is 1. The molecule has 1 atom stereocenters. The van der Waals surface area contributed by atoms with Crippen LogP contribution in [0.3, 0.4) is 0 Å². The molecule has 7 nitrogen and oxygen atoms in total. The SMILES string of the molecule is CCC(C)C(=O)O.CCCC(=O)O[Si](C)(C)OC(=O)CCC.CO[Si](C)(C)C. The van der Waals surface area contributed by atoms with Crippen LogP contribution in [0, 0.1) is 5.92 Å². The second-order valence-electron chi connectivity index (χ2n) is 7.81. The van der Waals surface area contributed by atoms with Crippen molar-refractivity contribution in [2.75, 3.05) is 7.11 Å². The normalized spacial score (nSPS) is 11.8. The van der Waals surface area contributed by atoms with E-state index in [1.54, 1.807) is 27.1 Å². The first kappa shape index (κ1) is 31.5. The maximum absolute atomic E-state index is 11.2. The third-order valence-corrected chi connectivity index (χ3v) is 5.94. The first-order chi connectivity index (χ1) is 12.7. The van der Waals surface area contributed by atoms with Gasteiger partial charge in [0.1, 0.15) is 0 Å². The van der Waals surface area contributed by atoms with Crippen LogP contribution in [0.2, 0.25) is 32.7 Å². The van der Waals surface area contributed by atoms with Gasteiger partial charge >= 0.3 is 14.5 Å². The third kappa shape index (κ3) is 24.8. The van der Waals surface area contributed by atoms with Gasteiger partial charge in [-0.05, 0) is 38.9 Å². The van der Waals surface area contributed by atoms with E-state index in [-0.39, 0.29) is 17.9 Å². The van der Waals surface area contributed by atoms with Crippen LogP contribution < -0.4 is 0 Å². The third-order valence-electron chi connectivity index (χ3n) is 3.27. The molecule has 0 heterocycles. The lowest BCUT2D eigenvalue weighted by Gasteiger charge is -2.21. The summed E-state index contributed by atoms with van der Waals surface area (Å²) in [5.74, 6) is -1.44. The van der Waals surface area contributed by atoms with Crippen LogP contribution in [0.4, 0.5) is 0 Å². The summed E-state index contributed by atoms with van der Waals surface area (Å²) in [6.07, 6.45) is 2.96. The molecular weight excluding hydrogens is 396 g/mol. The molecule has 0 amide bonds. The first-order valence-corrected chi connectivity index (χ1v) is 16.1. The Balaban J connectivity index is -0.000000397. The zero-order valence-corrected chi connectivity index (χ0v) is 21.5. The molecule has 1 unspecified atom stereocenters. The van der Waals surface area contributed by atoms with Gasteiger partial charge in [-0.15, -0.1) is 0 Å². The smallest absolute Gasteiger partial charge is 0.457 e. The van der Waals surface area contributed by atoms with Crippen molar-refractivity contribution in [3.05, 3.63) is 0 Å². The highest BCUT2D eigenvalue weighted by Gasteiger charge is 2.32. The van der Waals surface area contributed by atoms with E-state index in [2.05, 4.69) is 19.6 Å². The molecule has 0 saturated carbocycles. The summed E-state index contributed by atoms with van der Waals surface area (Å²) in [6, 6.07) is 0. The van der Waals surface area contributed by atoms with Gasteiger partial charge in [-0.1, -0.05) is 27.7 Å². The highest BCUT2D eigenvalue weighted by atomic mass is 28.4. The second-order valence-corrected chi connectivity index (χ2v) is 15.7. The highest BCUT2D eigenvalue weighted by Crippen LogP contribution is 2.10. The van der Waals surface area contributed by atoms with Crippen molar-refractivity contribution in [3.8, 4) is 0 Å². The fraction of sp³-hybridized carbons (Fsp3) is 0.842. The number of rotatable bonds is 9. The van der Waals surface area contributed by atoms with Gasteiger partial charge in [-0.2, -0.15) is 0 Å². The fourth-order valence-corrected chi connectivity index (χ4v) is 2.60. The molecule has 0 aliphatic heterocycles. The van der Waals surface area contributed by atoms with Gasteiger partial charge < -0.3 is 18.4 Å². The predicted molar refractivity (Wildman–Crippen MR) is 117 cm³/mol. The highest BCUT2D eigenvalue weighted by molar-refractivity contribution is 6.69. The number of carbonyl (C=O) groups is 3. The van der Waals surface area contributed by atoms with Crippen molar-refractivity contribution in [2.24, 2.45) is 5.92 Å². The van der Waals surface area contributed by atoms with Crippen LogP contribution in [-0.4, -0.2) is 47.0 Å². The molecule has 0 saturated heterocycles. The van der Waals surface area contributed by atoms with Crippen molar-refractivity contribution in [3.63, 3.8) is 0 Å². The summed E-state index contributed by atoms with van der Waals surface area (Å²) in [7, 11) is -1.96. The average Bonchev–Trinajstić information content (AvgIpc) is 2.53. The Kier molecular flexibility index (Phi) is 18.8. The molecule has 0 radical (unpaired) electrons. The number of carboxylic acids is 1. The van der Waals surface area contributed by atoms with Gasteiger partial charge in [0.05, 0.1) is 5.92 Å². The van der Waals surface area contributed by atoms with E-state index in [1.165, 1.54) is 0 Å². The number of carbonyl (C=O) groups excluding carboxylic acids is 2. The molecule has 0 aromatic rings. The minimum absolute atomic E-state index is 0.181. The zero-order valence-electron chi connectivity index (χ0n) is 19.5. The van der Waals surface area contributed by atoms with Crippen molar-refractivity contribution >= 4 is 34.8 Å². The molecule has 0 fully saturated rings. The lowest BCUT2D eigenvalue weighted by Crippen LogP contribution is -2.39. The van der Waals surface area contributed by atoms with Crippen molar-refractivity contribution in [1.29, 1.82) is 0 Å². The van der Waals surface area contributed by atoms with Gasteiger partial charge in [0, 0.05) is 33.0 Å². The molecule has 1 N–H and O–H groups in total. The largest absolute Gasteiger partial charge is 0.485 e. The van der Waals surface area contributed by atoms with Crippen LogP contribution >= 0.6 is 0 Å². The molecule has 0 aliphatic carbocycles. The molecule has 0 aliphatic rings. The van der Waals surface area contributed by atoms with Crippen molar-refractivity contribution in [2.45, 2.75) is 92.5 Å². The quantitative estimate of drug-likeness (QED) is 0.508. The van der Waals surface area contributed by atoms with Crippen LogP contribution in [0.15, 0.2) is 0 Å². The predicted octanol–water partition coefficient (Wildman–Crippen LogP) is 4.96. The van der Waals surface area contributed by atoms with Crippen molar-refractivity contribution < 1.29 is 32.8 Å². The molecule has 0 bridgehead atoms. The van der Waals surface area contributed by atoms with E-state index in [4.69, 9.17) is 18.4 Å². The first-order valence-electron chi connectivity index (χ1n) is 9.87. The van der Waals surface area contributed by atoms with Gasteiger partial charge in [0.2, 0.25) is 0 Å². The molecule has 0 rings (SSSR count). The molecule has 168 valence electrons. The minimum Gasteiger partial charge on any atom is -0.485 e. The summed E-state index contributed by atoms with van der Waals surface area (Å²) in [5.41, 5.74) is 0. The molecule has 9 heteroatoms. The zero-order chi connectivity index (χ0) is 23.0. The van der Waals surface area contributed by atoms with Crippen LogP contribution in [0.1, 0.15) is 59.8 Å². The van der Waals surface area contributed by atoms with E-state index >= 15 is 0 Å². The topological polar surface area (TPSA) is 99.1 Å².